The fourth-order valence-corrected chi connectivity index (χ4v) is 2.64. The number of anilines is 1. The smallest absolute Gasteiger partial charge is 0.272 e. The predicted octanol–water partition coefficient (Wildman–Crippen LogP) is 0.924. The molecule has 110 valence electrons. The van der Waals surface area contributed by atoms with Crippen LogP contribution < -0.4 is 11.3 Å². The fraction of sp³-hybridized carbons (Fsp3) is 0.571. The third kappa shape index (κ3) is 3.26. The molecule has 20 heavy (non-hydrogen) atoms. The molecule has 1 aliphatic heterocycles. The zero-order chi connectivity index (χ0) is 14.5. The highest BCUT2D eigenvalue weighted by Gasteiger charge is 2.27. The van der Waals surface area contributed by atoms with Gasteiger partial charge in [0, 0.05) is 25.3 Å². The molecule has 0 saturated carbocycles. The number of nitrogens with zero attached hydrogens (tertiary/aromatic N) is 3. The number of nitrogens with one attached hydrogen (secondary N) is 1. The van der Waals surface area contributed by atoms with E-state index in [1.807, 2.05) is 4.90 Å². The first-order valence-corrected chi connectivity index (χ1v) is 7.08. The molecule has 1 aliphatic rings. The first kappa shape index (κ1) is 14.7. The second kappa shape index (κ2) is 6.67. The van der Waals surface area contributed by atoms with E-state index >= 15 is 0 Å². The van der Waals surface area contributed by atoms with Crippen LogP contribution in [0, 0.1) is 0 Å². The quantitative estimate of drug-likeness (QED) is 0.635. The van der Waals surface area contributed by atoms with Crippen molar-refractivity contribution in [3.63, 3.8) is 0 Å². The largest absolute Gasteiger partial charge is 0.333 e. The number of hydrogen-bond donors (Lipinski definition) is 2. The lowest BCUT2D eigenvalue weighted by atomic mass is 10.1. The Morgan fingerprint density at radius 3 is 3.05 bits per heavy atom. The van der Waals surface area contributed by atoms with Gasteiger partial charge >= 0.3 is 0 Å². The SMILES string of the molecule is CCC1CN(C)CCCN1C(=O)c1cc(NN)ccn1. The fourth-order valence-electron chi connectivity index (χ4n) is 2.64. The Morgan fingerprint density at radius 2 is 2.35 bits per heavy atom. The average molecular weight is 277 g/mol. The van der Waals surface area contributed by atoms with Crippen molar-refractivity contribution in [2.24, 2.45) is 5.84 Å². The van der Waals surface area contributed by atoms with Crippen LogP contribution in [0.25, 0.3) is 0 Å². The van der Waals surface area contributed by atoms with Crippen LogP contribution in [-0.4, -0.2) is 53.4 Å². The highest BCUT2D eigenvalue weighted by atomic mass is 16.2. The van der Waals surface area contributed by atoms with E-state index < -0.39 is 0 Å². The second-order valence-electron chi connectivity index (χ2n) is 5.25. The van der Waals surface area contributed by atoms with Crippen molar-refractivity contribution < 1.29 is 4.79 Å². The van der Waals surface area contributed by atoms with Crippen molar-refractivity contribution in [2.45, 2.75) is 25.8 Å². The van der Waals surface area contributed by atoms with E-state index in [4.69, 9.17) is 5.84 Å². The Kier molecular flexibility index (Phi) is 4.92. The third-order valence-corrected chi connectivity index (χ3v) is 3.78. The monoisotopic (exact) mass is 277 g/mol. The van der Waals surface area contributed by atoms with Crippen molar-refractivity contribution in [3.05, 3.63) is 24.0 Å². The molecule has 1 atom stereocenters. The molecule has 6 nitrogen and oxygen atoms in total. The van der Waals surface area contributed by atoms with Crippen molar-refractivity contribution in [3.8, 4) is 0 Å². The summed E-state index contributed by atoms with van der Waals surface area (Å²) >= 11 is 0. The molecular formula is C14H23N5O. The first-order chi connectivity index (χ1) is 9.65. The number of nitrogens with two attached hydrogens (primary N) is 1. The molecule has 1 saturated heterocycles. The van der Waals surface area contributed by atoms with Gasteiger partial charge in [0.2, 0.25) is 0 Å². The van der Waals surface area contributed by atoms with Crippen molar-refractivity contribution >= 4 is 11.6 Å². The number of carbonyl (C=O) groups is 1. The second-order valence-corrected chi connectivity index (χ2v) is 5.25. The molecule has 0 spiro atoms. The summed E-state index contributed by atoms with van der Waals surface area (Å²) in [7, 11) is 2.11. The standard InChI is InChI=1S/C14H23N5O/c1-3-12-10-18(2)7-4-8-19(12)14(20)13-9-11(17-15)5-6-16-13/h5-6,9,12H,3-4,7-8,10,15H2,1-2H3,(H,16,17). The van der Waals surface area contributed by atoms with Gasteiger partial charge in [-0.3, -0.25) is 15.6 Å². The van der Waals surface area contributed by atoms with Crippen LogP contribution in [0.5, 0.6) is 0 Å². The van der Waals surface area contributed by atoms with Crippen LogP contribution in [0.15, 0.2) is 18.3 Å². The molecule has 1 aromatic heterocycles. The number of carbonyl (C=O) groups excluding carboxylic acids is 1. The lowest BCUT2D eigenvalue weighted by Crippen LogP contribution is -2.43. The molecule has 1 fully saturated rings. The maximum atomic E-state index is 12.7. The van der Waals surface area contributed by atoms with E-state index in [-0.39, 0.29) is 11.9 Å². The summed E-state index contributed by atoms with van der Waals surface area (Å²) in [4.78, 5) is 21.1. The summed E-state index contributed by atoms with van der Waals surface area (Å²) in [5.41, 5.74) is 3.70. The zero-order valence-corrected chi connectivity index (χ0v) is 12.2. The van der Waals surface area contributed by atoms with Gasteiger partial charge in [0.1, 0.15) is 5.69 Å². The number of aromatic nitrogens is 1. The number of hydrogen-bond acceptors (Lipinski definition) is 5. The maximum absolute atomic E-state index is 12.7. The van der Waals surface area contributed by atoms with Gasteiger partial charge in [-0.05, 0) is 38.6 Å². The van der Waals surface area contributed by atoms with Crippen LogP contribution in [0.1, 0.15) is 30.3 Å². The molecule has 0 radical (unpaired) electrons. The van der Waals surface area contributed by atoms with Gasteiger partial charge < -0.3 is 15.2 Å². The van der Waals surface area contributed by atoms with Crippen molar-refractivity contribution in [2.75, 3.05) is 32.1 Å². The summed E-state index contributed by atoms with van der Waals surface area (Å²) < 4.78 is 0. The summed E-state index contributed by atoms with van der Waals surface area (Å²) in [5, 5.41) is 0. The van der Waals surface area contributed by atoms with Gasteiger partial charge in [-0.25, -0.2) is 0 Å². The Hall–Kier alpha value is -1.66. The summed E-state index contributed by atoms with van der Waals surface area (Å²) in [6.45, 7) is 4.84. The topological polar surface area (TPSA) is 74.5 Å². The third-order valence-electron chi connectivity index (χ3n) is 3.78. The molecule has 1 amide bonds. The van der Waals surface area contributed by atoms with Crippen molar-refractivity contribution in [1.82, 2.24) is 14.8 Å². The normalized spacial score (nSPS) is 20.6. The van der Waals surface area contributed by atoms with Crippen LogP contribution in [0.3, 0.4) is 0 Å². The lowest BCUT2D eigenvalue weighted by molar-refractivity contribution is 0.0670. The number of nitrogen functional groups attached to an aromatic ring is 1. The van der Waals surface area contributed by atoms with Crippen LogP contribution >= 0.6 is 0 Å². The number of likely N-dealkylation sites (N-methyl/N-ethyl adjacent to an activating group) is 1. The summed E-state index contributed by atoms with van der Waals surface area (Å²) in [6, 6.07) is 3.68. The molecule has 2 rings (SSSR count). The minimum atomic E-state index is -0.00995. The van der Waals surface area contributed by atoms with Gasteiger partial charge in [0.25, 0.3) is 5.91 Å². The van der Waals surface area contributed by atoms with Gasteiger partial charge in [-0.1, -0.05) is 6.92 Å². The van der Waals surface area contributed by atoms with Crippen LogP contribution in [-0.2, 0) is 0 Å². The maximum Gasteiger partial charge on any atom is 0.272 e. The Balaban J connectivity index is 2.20. The van der Waals surface area contributed by atoms with Gasteiger partial charge in [0.15, 0.2) is 0 Å². The van der Waals surface area contributed by atoms with Crippen LogP contribution in [0.2, 0.25) is 0 Å². The van der Waals surface area contributed by atoms with E-state index in [2.05, 4.69) is 29.3 Å². The van der Waals surface area contributed by atoms with Crippen molar-refractivity contribution in [1.29, 1.82) is 0 Å². The summed E-state index contributed by atoms with van der Waals surface area (Å²) in [6.07, 6.45) is 3.55. The number of rotatable bonds is 3. The van der Waals surface area contributed by atoms with E-state index in [1.54, 1.807) is 18.3 Å². The molecule has 1 aromatic rings. The Morgan fingerprint density at radius 1 is 1.55 bits per heavy atom. The van der Waals surface area contributed by atoms with E-state index in [9.17, 15) is 4.79 Å². The molecule has 3 N–H and O–H groups in total. The molecule has 1 unspecified atom stereocenters. The molecular weight excluding hydrogens is 254 g/mol. The highest BCUT2D eigenvalue weighted by molar-refractivity contribution is 5.93. The molecule has 0 aliphatic carbocycles. The molecule has 0 aromatic carbocycles. The lowest BCUT2D eigenvalue weighted by Gasteiger charge is -2.30. The minimum Gasteiger partial charge on any atom is -0.333 e. The Bertz CT molecular complexity index is 465. The summed E-state index contributed by atoms with van der Waals surface area (Å²) in [5.74, 6) is 5.37. The average Bonchev–Trinajstić information content (AvgIpc) is 2.67. The minimum absolute atomic E-state index is 0.00995. The Labute approximate surface area is 119 Å². The molecule has 2 heterocycles. The van der Waals surface area contributed by atoms with E-state index in [0.29, 0.717) is 11.4 Å². The van der Waals surface area contributed by atoms with Crippen LogP contribution in [0.4, 0.5) is 5.69 Å². The van der Waals surface area contributed by atoms with E-state index in [1.165, 1.54) is 0 Å². The number of hydrazine groups is 1. The van der Waals surface area contributed by atoms with Gasteiger partial charge in [0.05, 0.1) is 5.69 Å². The number of amides is 1. The van der Waals surface area contributed by atoms with Gasteiger partial charge in [-0.2, -0.15) is 0 Å². The molecule has 0 bridgehead atoms. The number of pyridine rings is 1. The zero-order valence-electron chi connectivity index (χ0n) is 12.2. The highest BCUT2D eigenvalue weighted by Crippen LogP contribution is 2.16. The first-order valence-electron chi connectivity index (χ1n) is 7.08. The molecule has 6 heteroatoms. The predicted molar refractivity (Wildman–Crippen MR) is 79.3 cm³/mol. The van der Waals surface area contributed by atoms with Gasteiger partial charge in [-0.15, -0.1) is 0 Å². The van der Waals surface area contributed by atoms with E-state index in [0.717, 1.165) is 32.5 Å².